The Bertz CT molecular complexity index is 590. The van der Waals surface area contributed by atoms with Crippen molar-refractivity contribution in [3.63, 3.8) is 0 Å². The van der Waals surface area contributed by atoms with Gasteiger partial charge in [-0.05, 0) is 37.7 Å². The van der Waals surface area contributed by atoms with Gasteiger partial charge in [0.15, 0.2) is 5.82 Å². The highest BCUT2D eigenvalue weighted by molar-refractivity contribution is 5.59. The van der Waals surface area contributed by atoms with Crippen LogP contribution in [-0.2, 0) is 6.42 Å². The highest BCUT2D eigenvalue weighted by Gasteiger charge is 2.19. The quantitative estimate of drug-likeness (QED) is 0.918. The molecule has 0 aliphatic heterocycles. The van der Waals surface area contributed by atoms with E-state index in [2.05, 4.69) is 41.2 Å². The van der Waals surface area contributed by atoms with E-state index in [1.807, 2.05) is 6.92 Å². The maximum Gasteiger partial charge on any atom is 0.161 e. The van der Waals surface area contributed by atoms with Crippen LogP contribution in [0.1, 0.15) is 48.9 Å². The fourth-order valence-electron chi connectivity index (χ4n) is 2.83. The van der Waals surface area contributed by atoms with Crippen LogP contribution in [0.4, 0.5) is 5.82 Å². The normalized spacial score (nSPS) is 15.1. The molecule has 1 aliphatic rings. The van der Waals surface area contributed by atoms with Crippen molar-refractivity contribution in [1.82, 2.24) is 9.97 Å². The summed E-state index contributed by atoms with van der Waals surface area (Å²) >= 11 is 0. The van der Waals surface area contributed by atoms with Crippen molar-refractivity contribution in [1.29, 1.82) is 0 Å². The van der Waals surface area contributed by atoms with Gasteiger partial charge in [0.2, 0.25) is 0 Å². The molecule has 1 aliphatic carbocycles. The predicted octanol–water partition coefficient (Wildman–Crippen LogP) is 3.86. The van der Waals surface area contributed by atoms with Crippen molar-refractivity contribution in [3.8, 4) is 11.4 Å². The first-order chi connectivity index (χ1) is 9.69. The molecule has 1 aromatic carbocycles. The van der Waals surface area contributed by atoms with Crippen LogP contribution in [0.15, 0.2) is 24.3 Å². The molecular formula is C17H21N3. The van der Waals surface area contributed by atoms with E-state index in [0.717, 1.165) is 35.0 Å². The fourth-order valence-corrected chi connectivity index (χ4v) is 2.83. The number of hydrogen-bond donors (Lipinski definition) is 1. The summed E-state index contributed by atoms with van der Waals surface area (Å²) < 4.78 is 0. The highest BCUT2D eigenvalue weighted by Crippen LogP contribution is 2.36. The van der Waals surface area contributed by atoms with E-state index in [1.165, 1.54) is 24.8 Å². The van der Waals surface area contributed by atoms with Crippen LogP contribution in [0.5, 0.6) is 0 Å². The van der Waals surface area contributed by atoms with Crippen LogP contribution in [0, 0.1) is 6.92 Å². The van der Waals surface area contributed by atoms with E-state index >= 15 is 0 Å². The van der Waals surface area contributed by atoms with Crippen LogP contribution < -0.4 is 5.73 Å². The molecule has 20 heavy (non-hydrogen) atoms. The molecule has 0 amide bonds. The molecule has 3 nitrogen and oxygen atoms in total. The average Bonchev–Trinajstić information content (AvgIpc) is 2.37. The van der Waals surface area contributed by atoms with Crippen molar-refractivity contribution in [2.24, 2.45) is 0 Å². The smallest absolute Gasteiger partial charge is 0.161 e. The standard InChI is InChI=1S/C17H21N3/c1-3-15-11(2)19-17(20-16(15)18)14-9-7-13(8-10-14)12-5-4-6-12/h7-10,12H,3-6H2,1-2H3,(H2,18,19,20). The van der Waals surface area contributed by atoms with Gasteiger partial charge in [-0.25, -0.2) is 9.97 Å². The van der Waals surface area contributed by atoms with Gasteiger partial charge in [-0.15, -0.1) is 0 Å². The molecule has 3 heteroatoms. The lowest BCUT2D eigenvalue weighted by Crippen LogP contribution is -2.08. The van der Waals surface area contributed by atoms with E-state index in [-0.39, 0.29) is 0 Å². The topological polar surface area (TPSA) is 51.8 Å². The van der Waals surface area contributed by atoms with Gasteiger partial charge in [0.05, 0.1) is 0 Å². The number of aryl methyl sites for hydroxylation is 1. The number of aromatic nitrogens is 2. The Balaban J connectivity index is 1.92. The molecule has 1 fully saturated rings. The van der Waals surface area contributed by atoms with Gasteiger partial charge in [0.1, 0.15) is 5.82 Å². The molecule has 0 spiro atoms. The van der Waals surface area contributed by atoms with Crippen LogP contribution >= 0.6 is 0 Å². The summed E-state index contributed by atoms with van der Waals surface area (Å²) in [5.74, 6) is 2.11. The molecule has 104 valence electrons. The average molecular weight is 267 g/mol. The van der Waals surface area contributed by atoms with Crippen LogP contribution in [-0.4, -0.2) is 9.97 Å². The Morgan fingerprint density at radius 3 is 2.35 bits per heavy atom. The Morgan fingerprint density at radius 2 is 1.85 bits per heavy atom. The van der Waals surface area contributed by atoms with Crippen LogP contribution in [0.3, 0.4) is 0 Å². The summed E-state index contributed by atoms with van der Waals surface area (Å²) in [7, 11) is 0. The number of benzene rings is 1. The number of nitrogens with zero attached hydrogens (tertiary/aromatic N) is 2. The second-order valence-electron chi connectivity index (χ2n) is 5.60. The molecule has 1 heterocycles. The number of hydrogen-bond acceptors (Lipinski definition) is 3. The summed E-state index contributed by atoms with van der Waals surface area (Å²) in [4.78, 5) is 9.04. The monoisotopic (exact) mass is 267 g/mol. The highest BCUT2D eigenvalue weighted by atomic mass is 15.0. The van der Waals surface area contributed by atoms with Crippen LogP contribution in [0.25, 0.3) is 11.4 Å². The van der Waals surface area contributed by atoms with Crippen molar-refractivity contribution in [2.75, 3.05) is 5.73 Å². The molecule has 2 N–H and O–H groups in total. The minimum absolute atomic E-state index is 0.609. The zero-order valence-electron chi connectivity index (χ0n) is 12.2. The molecule has 1 aromatic heterocycles. The summed E-state index contributed by atoms with van der Waals surface area (Å²) in [6.07, 6.45) is 4.89. The lowest BCUT2D eigenvalue weighted by molar-refractivity contribution is 0.420. The van der Waals surface area contributed by atoms with Crippen molar-refractivity contribution in [2.45, 2.75) is 45.4 Å². The Labute approximate surface area is 120 Å². The molecule has 2 aromatic rings. The summed E-state index contributed by atoms with van der Waals surface area (Å²) in [5.41, 5.74) is 10.6. The maximum absolute atomic E-state index is 6.03. The maximum atomic E-state index is 6.03. The third kappa shape index (κ3) is 2.28. The molecule has 0 bridgehead atoms. The van der Waals surface area contributed by atoms with Crippen molar-refractivity contribution >= 4 is 5.82 Å². The minimum atomic E-state index is 0.609. The van der Waals surface area contributed by atoms with E-state index < -0.39 is 0 Å². The van der Waals surface area contributed by atoms with Gasteiger partial charge in [0.25, 0.3) is 0 Å². The first-order valence-electron chi connectivity index (χ1n) is 7.42. The van der Waals surface area contributed by atoms with Crippen LogP contribution in [0.2, 0.25) is 0 Å². The Morgan fingerprint density at radius 1 is 1.15 bits per heavy atom. The lowest BCUT2D eigenvalue weighted by atomic mass is 9.80. The first kappa shape index (κ1) is 13.1. The van der Waals surface area contributed by atoms with E-state index in [1.54, 1.807) is 0 Å². The largest absolute Gasteiger partial charge is 0.383 e. The molecule has 1 saturated carbocycles. The third-order valence-corrected chi connectivity index (χ3v) is 4.34. The van der Waals surface area contributed by atoms with Gasteiger partial charge >= 0.3 is 0 Å². The Kier molecular flexibility index (Phi) is 3.43. The molecular weight excluding hydrogens is 246 g/mol. The second kappa shape index (κ2) is 5.23. The van der Waals surface area contributed by atoms with Gasteiger partial charge in [-0.2, -0.15) is 0 Å². The van der Waals surface area contributed by atoms with Gasteiger partial charge in [0, 0.05) is 16.8 Å². The zero-order chi connectivity index (χ0) is 14.1. The van der Waals surface area contributed by atoms with E-state index in [0.29, 0.717) is 5.82 Å². The van der Waals surface area contributed by atoms with Crippen molar-refractivity contribution < 1.29 is 0 Å². The van der Waals surface area contributed by atoms with Crippen molar-refractivity contribution in [3.05, 3.63) is 41.1 Å². The third-order valence-electron chi connectivity index (χ3n) is 4.34. The summed E-state index contributed by atoms with van der Waals surface area (Å²) in [5, 5.41) is 0. The summed E-state index contributed by atoms with van der Waals surface area (Å²) in [6.45, 7) is 4.08. The molecule has 0 unspecified atom stereocenters. The molecule has 0 atom stereocenters. The molecule has 3 rings (SSSR count). The number of rotatable bonds is 3. The Hall–Kier alpha value is -1.90. The van der Waals surface area contributed by atoms with Gasteiger partial charge in [-0.3, -0.25) is 0 Å². The zero-order valence-corrected chi connectivity index (χ0v) is 12.2. The number of nitrogens with two attached hydrogens (primary N) is 1. The number of anilines is 1. The molecule has 0 radical (unpaired) electrons. The van der Waals surface area contributed by atoms with Gasteiger partial charge < -0.3 is 5.73 Å². The SMILES string of the molecule is CCc1c(C)nc(-c2ccc(C3CCC3)cc2)nc1N. The lowest BCUT2D eigenvalue weighted by Gasteiger charge is -2.25. The first-order valence-corrected chi connectivity index (χ1v) is 7.42. The fraction of sp³-hybridized carbons (Fsp3) is 0.412. The second-order valence-corrected chi connectivity index (χ2v) is 5.60. The van der Waals surface area contributed by atoms with Gasteiger partial charge in [-0.1, -0.05) is 37.6 Å². The van der Waals surface area contributed by atoms with E-state index in [9.17, 15) is 0 Å². The van der Waals surface area contributed by atoms with E-state index in [4.69, 9.17) is 5.73 Å². The molecule has 0 saturated heterocycles. The minimum Gasteiger partial charge on any atom is -0.383 e. The summed E-state index contributed by atoms with van der Waals surface area (Å²) in [6, 6.07) is 8.66. The number of nitrogen functional groups attached to an aromatic ring is 1. The predicted molar refractivity (Wildman–Crippen MR) is 82.6 cm³/mol.